The number of nitrogens with zero attached hydrogens (tertiary/aromatic N) is 3. The molecule has 1 amide bonds. The number of hydrogen-bond acceptors (Lipinski definition) is 6. The molecule has 0 spiro atoms. The number of anilines is 2. The quantitative estimate of drug-likeness (QED) is 0.715. The molecule has 0 aliphatic carbocycles. The number of carbonyl (C=O) groups excluding carboxylic acids is 1. The zero-order valence-corrected chi connectivity index (χ0v) is 11.2. The lowest BCUT2D eigenvalue weighted by Gasteiger charge is -2.10. The number of hydrogen-bond donors (Lipinski definition) is 2. The van der Waals surface area contributed by atoms with Crippen LogP contribution in [0.4, 0.5) is 11.6 Å². The third kappa shape index (κ3) is 4.26. The van der Waals surface area contributed by atoms with E-state index in [1.54, 1.807) is 19.0 Å². The SMILES string of the molecule is CNS(=O)(=O)CC(=O)Nc1cnc(N(C)C)nc1. The zero-order chi connectivity index (χ0) is 13.8. The highest BCUT2D eigenvalue weighted by atomic mass is 32.2. The molecule has 1 aromatic heterocycles. The fraction of sp³-hybridized carbons (Fsp3) is 0.444. The third-order valence-corrected chi connectivity index (χ3v) is 3.22. The first-order valence-electron chi connectivity index (χ1n) is 5.04. The van der Waals surface area contributed by atoms with Crippen molar-refractivity contribution in [1.29, 1.82) is 0 Å². The summed E-state index contributed by atoms with van der Waals surface area (Å²) in [5.41, 5.74) is 0.344. The minimum absolute atomic E-state index is 0.344. The van der Waals surface area contributed by atoms with Crippen molar-refractivity contribution in [2.24, 2.45) is 0 Å². The predicted octanol–water partition coefficient (Wildman–Crippen LogP) is -0.970. The first-order valence-corrected chi connectivity index (χ1v) is 6.70. The Bertz CT molecular complexity index is 512. The fourth-order valence-electron chi connectivity index (χ4n) is 1.06. The van der Waals surface area contributed by atoms with Crippen LogP contribution in [0.25, 0.3) is 0 Å². The van der Waals surface area contributed by atoms with E-state index < -0.39 is 21.7 Å². The molecule has 0 aliphatic rings. The molecule has 1 heterocycles. The van der Waals surface area contributed by atoms with E-state index in [2.05, 4.69) is 20.0 Å². The molecule has 9 heteroatoms. The van der Waals surface area contributed by atoms with Gasteiger partial charge < -0.3 is 10.2 Å². The molecule has 0 unspecified atom stereocenters. The molecule has 0 saturated heterocycles. The van der Waals surface area contributed by atoms with Gasteiger partial charge in [0.1, 0.15) is 5.75 Å². The number of sulfonamides is 1. The highest BCUT2D eigenvalue weighted by molar-refractivity contribution is 7.90. The molecule has 1 rings (SSSR count). The van der Waals surface area contributed by atoms with Crippen LogP contribution in [0.3, 0.4) is 0 Å². The van der Waals surface area contributed by atoms with Crippen LogP contribution in [0.2, 0.25) is 0 Å². The van der Waals surface area contributed by atoms with Gasteiger partial charge in [-0.2, -0.15) is 0 Å². The summed E-state index contributed by atoms with van der Waals surface area (Å²) in [7, 11) is 1.25. The van der Waals surface area contributed by atoms with Gasteiger partial charge in [-0.3, -0.25) is 4.79 Å². The van der Waals surface area contributed by atoms with Crippen LogP contribution < -0.4 is 14.9 Å². The first-order chi connectivity index (χ1) is 8.34. The van der Waals surface area contributed by atoms with Gasteiger partial charge in [0.25, 0.3) is 0 Å². The lowest BCUT2D eigenvalue weighted by atomic mass is 10.5. The summed E-state index contributed by atoms with van der Waals surface area (Å²) in [5.74, 6) is -0.791. The summed E-state index contributed by atoms with van der Waals surface area (Å²) in [6.45, 7) is 0. The zero-order valence-electron chi connectivity index (χ0n) is 10.3. The highest BCUT2D eigenvalue weighted by Crippen LogP contribution is 2.07. The van der Waals surface area contributed by atoms with Crippen LogP contribution >= 0.6 is 0 Å². The van der Waals surface area contributed by atoms with Crippen molar-refractivity contribution in [3.05, 3.63) is 12.4 Å². The van der Waals surface area contributed by atoms with E-state index in [0.717, 1.165) is 0 Å². The molecule has 8 nitrogen and oxygen atoms in total. The molecule has 0 aliphatic heterocycles. The van der Waals surface area contributed by atoms with Crippen LogP contribution in [0.5, 0.6) is 0 Å². The molecule has 100 valence electrons. The Balaban J connectivity index is 2.65. The minimum Gasteiger partial charge on any atom is -0.347 e. The lowest BCUT2D eigenvalue weighted by molar-refractivity contribution is -0.113. The lowest BCUT2D eigenvalue weighted by Crippen LogP contribution is -2.30. The maximum atomic E-state index is 11.4. The smallest absolute Gasteiger partial charge is 0.241 e. The summed E-state index contributed by atoms with van der Waals surface area (Å²) >= 11 is 0. The fourth-order valence-corrected chi connectivity index (χ4v) is 1.62. The van der Waals surface area contributed by atoms with Crippen molar-refractivity contribution in [3.8, 4) is 0 Å². The Morgan fingerprint density at radius 2 is 1.89 bits per heavy atom. The Morgan fingerprint density at radius 3 is 2.33 bits per heavy atom. The van der Waals surface area contributed by atoms with Gasteiger partial charge in [0.05, 0.1) is 18.1 Å². The Labute approximate surface area is 105 Å². The molecule has 0 aromatic carbocycles. The first kappa shape index (κ1) is 14.3. The number of rotatable bonds is 5. The maximum Gasteiger partial charge on any atom is 0.241 e. The van der Waals surface area contributed by atoms with Crippen molar-refractivity contribution in [1.82, 2.24) is 14.7 Å². The van der Waals surface area contributed by atoms with Gasteiger partial charge in [0.2, 0.25) is 21.9 Å². The molecule has 1 aromatic rings. The summed E-state index contributed by atoms with van der Waals surface area (Å²) in [6, 6.07) is 0. The largest absolute Gasteiger partial charge is 0.347 e. The molecule has 0 bridgehead atoms. The van der Waals surface area contributed by atoms with E-state index >= 15 is 0 Å². The van der Waals surface area contributed by atoms with E-state index in [-0.39, 0.29) is 0 Å². The van der Waals surface area contributed by atoms with Crippen LogP contribution in [0.15, 0.2) is 12.4 Å². The highest BCUT2D eigenvalue weighted by Gasteiger charge is 2.14. The van der Waals surface area contributed by atoms with E-state index in [0.29, 0.717) is 11.6 Å². The van der Waals surface area contributed by atoms with Gasteiger partial charge >= 0.3 is 0 Å². The summed E-state index contributed by atoms with van der Waals surface area (Å²) in [6.07, 6.45) is 2.82. The van der Waals surface area contributed by atoms with Crippen molar-refractivity contribution in [2.75, 3.05) is 37.1 Å². The van der Waals surface area contributed by atoms with Crippen LogP contribution in [0, 0.1) is 0 Å². The maximum absolute atomic E-state index is 11.4. The van der Waals surface area contributed by atoms with Gasteiger partial charge in [-0.05, 0) is 7.05 Å². The second-order valence-electron chi connectivity index (χ2n) is 3.68. The van der Waals surface area contributed by atoms with Gasteiger partial charge in [-0.25, -0.2) is 23.1 Å². The Kier molecular flexibility index (Phi) is 4.56. The molecule has 18 heavy (non-hydrogen) atoms. The summed E-state index contributed by atoms with van der Waals surface area (Å²) in [4.78, 5) is 21.1. The number of nitrogens with one attached hydrogen (secondary N) is 2. The molecule has 2 N–H and O–H groups in total. The summed E-state index contributed by atoms with van der Waals surface area (Å²) in [5, 5.41) is 2.40. The molecular formula is C9H15N5O3S. The molecule has 0 radical (unpaired) electrons. The van der Waals surface area contributed by atoms with Crippen molar-refractivity contribution in [3.63, 3.8) is 0 Å². The molecule has 0 atom stereocenters. The standard InChI is InChI=1S/C9H15N5O3S/c1-10-18(16,17)6-8(15)13-7-4-11-9(12-5-7)14(2)3/h4-5,10H,6H2,1-3H3,(H,13,15). The van der Waals surface area contributed by atoms with Gasteiger partial charge in [0, 0.05) is 14.1 Å². The number of carbonyl (C=O) groups is 1. The van der Waals surface area contributed by atoms with E-state index in [9.17, 15) is 13.2 Å². The van der Waals surface area contributed by atoms with E-state index in [1.165, 1.54) is 19.4 Å². The Hall–Kier alpha value is -1.74. The van der Waals surface area contributed by atoms with Gasteiger partial charge in [-0.15, -0.1) is 0 Å². The van der Waals surface area contributed by atoms with Crippen molar-refractivity contribution in [2.45, 2.75) is 0 Å². The number of aromatic nitrogens is 2. The van der Waals surface area contributed by atoms with Gasteiger partial charge in [-0.1, -0.05) is 0 Å². The van der Waals surface area contributed by atoms with Crippen LogP contribution in [-0.4, -0.2) is 51.2 Å². The normalized spacial score (nSPS) is 11.1. The van der Waals surface area contributed by atoms with E-state index in [1.807, 2.05) is 0 Å². The van der Waals surface area contributed by atoms with Crippen molar-refractivity contribution < 1.29 is 13.2 Å². The van der Waals surface area contributed by atoms with Gasteiger partial charge in [0.15, 0.2) is 0 Å². The van der Waals surface area contributed by atoms with E-state index in [4.69, 9.17) is 0 Å². The van der Waals surface area contributed by atoms with Crippen LogP contribution in [-0.2, 0) is 14.8 Å². The monoisotopic (exact) mass is 273 g/mol. The third-order valence-electron chi connectivity index (χ3n) is 1.95. The Morgan fingerprint density at radius 1 is 1.33 bits per heavy atom. The minimum atomic E-state index is -3.57. The molecular weight excluding hydrogens is 258 g/mol. The molecule has 0 saturated carbocycles. The van der Waals surface area contributed by atoms with Crippen LogP contribution in [0.1, 0.15) is 0 Å². The number of amides is 1. The average Bonchev–Trinajstić information content (AvgIpc) is 2.29. The molecule has 0 fully saturated rings. The van der Waals surface area contributed by atoms with Crippen molar-refractivity contribution >= 4 is 27.6 Å². The predicted molar refractivity (Wildman–Crippen MR) is 67.8 cm³/mol. The summed E-state index contributed by atoms with van der Waals surface area (Å²) < 4.78 is 24.3. The second kappa shape index (κ2) is 5.74. The second-order valence-corrected chi connectivity index (χ2v) is 5.60. The average molecular weight is 273 g/mol. The topological polar surface area (TPSA) is 104 Å².